The van der Waals surface area contributed by atoms with Crippen LogP contribution in [-0.2, 0) is 0 Å². The minimum Gasteiger partial charge on any atom is -0.294 e. The Hall–Kier alpha value is -0.760. The average Bonchev–Trinajstić information content (AvgIpc) is 2.34. The Balaban J connectivity index is 2.06. The Kier molecular flexibility index (Phi) is 4.27. The Bertz CT molecular complexity index is 405. The monoisotopic (exact) mass is 248 g/mol. The summed E-state index contributed by atoms with van der Waals surface area (Å²) in [5.41, 5.74) is 3.31. The molecule has 0 unspecified atom stereocenters. The second-order valence-corrected chi connectivity index (χ2v) is 6.16. The minimum absolute atomic E-state index is 0.336. The fraction of sp³-hybridized carbons (Fsp3) is 0.533. The molecule has 17 heavy (non-hydrogen) atoms. The number of ketones is 1. The smallest absolute Gasteiger partial charge is 0.163 e. The summed E-state index contributed by atoms with van der Waals surface area (Å²) in [6, 6.07) is 6.04. The van der Waals surface area contributed by atoms with Crippen LogP contribution in [0.5, 0.6) is 0 Å². The highest BCUT2D eigenvalue weighted by molar-refractivity contribution is 7.99. The summed E-state index contributed by atoms with van der Waals surface area (Å²) in [6.45, 7) is 4.13. The fourth-order valence-corrected chi connectivity index (χ4v) is 3.58. The van der Waals surface area contributed by atoms with E-state index in [0.717, 1.165) is 17.5 Å². The zero-order valence-corrected chi connectivity index (χ0v) is 11.5. The molecule has 1 aromatic carbocycles. The van der Waals surface area contributed by atoms with E-state index in [9.17, 15) is 4.79 Å². The van der Waals surface area contributed by atoms with Crippen molar-refractivity contribution >= 4 is 17.5 Å². The summed E-state index contributed by atoms with van der Waals surface area (Å²) in [7, 11) is 0. The molecule has 1 nitrogen and oxygen atoms in total. The maximum Gasteiger partial charge on any atom is 0.163 e. The number of aryl methyl sites for hydroxylation is 1. The molecular formula is C15H20OS. The zero-order chi connectivity index (χ0) is 12.3. The van der Waals surface area contributed by atoms with E-state index in [1.54, 1.807) is 0 Å². The van der Waals surface area contributed by atoms with Gasteiger partial charge in [-0.3, -0.25) is 4.79 Å². The minimum atomic E-state index is 0.336. The van der Waals surface area contributed by atoms with Crippen LogP contribution in [-0.4, -0.2) is 17.3 Å². The van der Waals surface area contributed by atoms with Crippen LogP contribution < -0.4 is 0 Å². The summed E-state index contributed by atoms with van der Waals surface area (Å²) >= 11 is 2.02. The first-order valence-corrected chi connectivity index (χ1v) is 7.51. The lowest BCUT2D eigenvalue weighted by molar-refractivity contribution is 0.0958. The van der Waals surface area contributed by atoms with Crippen molar-refractivity contribution < 1.29 is 4.79 Å². The maximum atomic E-state index is 12.3. The van der Waals surface area contributed by atoms with E-state index < -0.39 is 0 Å². The first kappa shape index (κ1) is 12.7. The van der Waals surface area contributed by atoms with Gasteiger partial charge in [0.2, 0.25) is 0 Å². The molecule has 0 aliphatic carbocycles. The van der Waals surface area contributed by atoms with Crippen molar-refractivity contribution in [3.63, 3.8) is 0 Å². The van der Waals surface area contributed by atoms with Gasteiger partial charge in [-0.05, 0) is 55.2 Å². The van der Waals surface area contributed by atoms with Crippen molar-refractivity contribution in [2.75, 3.05) is 11.5 Å². The Morgan fingerprint density at radius 3 is 2.71 bits per heavy atom. The van der Waals surface area contributed by atoms with Gasteiger partial charge in [0.25, 0.3) is 0 Å². The molecule has 2 heteroatoms. The molecule has 2 rings (SSSR count). The normalized spacial score (nSPS) is 17.1. The number of carbonyl (C=O) groups is 1. The molecule has 92 valence electrons. The van der Waals surface area contributed by atoms with Gasteiger partial charge in [0, 0.05) is 12.0 Å². The molecular weight excluding hydrogens is 228 g/mol. The lowest BCUT2D eigenvalue weighted by Crippen LogP contribution is -2.15. The van der Waals surface area contributed by atoms with Crippen LogP contribution in [0.4, 0.5) is 0 Å². The van der Waals surface area contributed by atoms with Gasteiger partial charge in [0.1, 0.15) is 0 Å². The average molecular weight is 248 g/mol. The van der Waals surface area contributed by atoms with Crippen LogP contribution in [0.3, 0.4) is 0 Å². The second kappa shape index (κ2) is 5.72. The predicted molar refractivity (Wildman–Crippen MR) is 74.9 cm³/mol. The van der Waals surface area contributed by atoms with Gasteiger partial charge in [0.15, 0.2) is 5.78 Å². The lowest BCUT2D eigenvalue weighted by atomic mass is 9.91. The van der Waals surface area contributed by atoms with Crippen LogP contribution in [0.1, 0.15) is 40.7 Å². The molecule has 0 bridgehead atoms. The largest absolute Gasteiger partial charge is 0.294 e. The van der Waals surface area contributed by atoms with Crippen LogP contribution in [0.15, 0.2) is 18.2 Å². The third kappa shape index (κ3) is 3.12. The van der Waals surface area contributed by atoms with E-state index in [0.29, 0.717) is 11.7 Å². The lowest BCUT2D eigenvalue weighted by Gasteiger charge is -2.20. The first-order chi connectivity index (χ1) is 8.18. The molecule has 1 saturated heterocycles. The fourth-order valence-electron chi connectivity index (χ4n) is 2.38. The second-order valence-electron chi connectivity index (χ2n) is 4.93. The quantitative estimate of drug-likeness (QED) is 0.752. The molecule has 1 aromatic rings. The summed E-state index contributed by atoms with van der Waals surface area (Å²) in [5, 5.41) is 0. The van der Waals surface area contributed by atoms with E-state index in [-0.39, 0.29) is 0 Å². The van der Waals surface area contributed by atoms with Crippen LogP contribution in [0, 0.1) is 19.8 Å². The molecule has 1 aliphatic rings. The summed E-state index contributed by atoms with van der Waals surface area (Å²) in [6.07, 6.45) is 3.16. The number of rotatable bonds is 3. The molecule has 0 N–H and O–H groups in total. The van der Waals surface area contributed by atoms with Gasteiger partial charge in [-0.1, -0.05) is 18.2 Å². The van der Waals surface area contributed by atoms with Crippen LogP contribution in [0.2, 0.25) is 0 Å². The van der Waals surface area contributed by atoms with E-state index in [4.69, 9.17) is 0 Å². The number of Topliss-reactive ketones (excluding diaryl/α,β-unsaturated/α-hetero) is 1. The Morgan fingerprint density at radius 1 is 1.29 bits per heavy atom. The number of hydrogen-bond acceptors (Lipinski definition) is 2. The highest BCUT2D eigenvalue weighted by Gasteiger charge is 2.19. The molecule has 0 saturated carbocycles. The Labute approximate surface area is 108 Å². The number of benzene rings is 1. The van der Waals surface area contributed by atoms with E-state index in [1.807, 2.05) is 23.9 Å². The predicted octanol–water partition coefficient (Wildman–Crippen LogP) is 4.02. The maximum absolute atomic E-state index is 12.3. The molecule has 1 heterocycles. The van der Waals surface area contributed by atoms with E-state index in [1.165, 1.54) is 29.9 Å². The standard InChI is InChI=1S/C15H20OS/c1-11-4-3-5-14(12(11)2)15(16)10-13-6-8-17-9-7-13/h3-5,13H,6-10H2,1-2H3. The van der Waals surface area contributed by atoms with Gasteiger partial charge in [-0.2, -0.15) is 11.8 Å². The van der Waals surface area contributed by atoms with E-state index in [2.05, 4.69) is 19.9 Å². The van der Waals surface area contributed by atoms with Crippen molar-refractivity contribution in [2.45, 2.75) is 33.1 Å². The summed E-state index contributed by atoms with van der Waals surface area (Å²) in [5.74, 6) is 3.40. The van der Waals surface area contributed by atoms with Crippen molar-refractivity contribution in [1.29, 1.82) is 0 Å². The van der Waals surface area contributed by atoms with Gasteiger partial charge < -0.3 is 0 Å². The van der Waals surface area contributed by atoms with Crippen LogP contribution >= 0.6 is 11.8 Å². The topological polar surface area (TPSA) is 17.1 Å². The molecule has 0 aromatic heterocycles. The SMILES string of the molecule is Cc1cccc(C(=O)CC2CCSCC2)c1C. The summed E-state index contributed by atoms with van der Waals surface area (Å²) < 4.78 is 0. The molecule has 1 fully saturated rings. The van der Waals surface area contributed by atoms with Crippen molar-refractivity contribution in [1.82, 2.24) is 0 Å². The molecule has 1 aliphatic heterocycles. The van der Waals surface area contributed by atoms with Crippen molar-refractivity contribution in [3.8, 4) is 0 Å². The number of hydrogen-bond donors (Lipinski definition) is 0. The van der Waals surface area contributed by atoms with Gasteiger partial charge in [-0.15, -0.1) is 0 Å². The molecule has 0 amide bonds. The number of carbonyl (C=O) groups excluding carboxylic acids is 1. The Morgan fingerprint density at radius 2 is 2.00 bits per heavy atom. The summed E-state index contributed by atoms with van der Waals surface area (Å²) in [4.78, 5) is 12.3. The van der Waals surface area contributed by atoms with Crippen molar-refractivity contribution in [2.24, 2.45) is 5.92 Å². The molecule has 0 spiro atoms. The van der Waals surface area contributed by atoms with Gasteiger partial charge >= 0.3 is 0 Å². The first-order valence-electron chi connectivity index (χ1n) is 6.35. The van der Waals surface area contributed by atoms with Gasteiger partial charge in [-0.25, -0.2) is 0 Å². The third-order valence-electron chi connectivity index (χ3n) is 3.72. The van der Waals surface area contributed by atoms with Crippen molar-refractivity contribution in [3.05, 3.63) is 34.9 Å². The zero-order valence-electron chi connectivity index (χ0n) is 10.7. The van der Waals surface area contributed by atoms with Crippen LogP contribution in [0.25, 0.3) is 0 Å². The molecule has 0 radical (unpaired) electrons. The highest BCUT2D eigenvalue weighted by atomic mass is 32.2. The van der Waals surface area contributed by atoms with E-state index >= 15 is 0 Å². The molecule has 0 atom stereocenters. The van der Waals surface area contributed by atoms with Gasteiger partial charge in [0.05, 0.1) is 0 Å². The highest BCUT2D eigenvalue weighted by Crippen LogP contribution is 2.27. The number of thioether (sulfide) groups is 1. The third-order valence-corrected chi connectivity index (χ3v) is 4.77.